The SMILES string of the molecule is CCC1c2ccccc2CCc2ccc(OCCc3cccc(N)n3)cc21. The molecule has 3 heteroatoms. The quantitative estimate of drug-likeness (QED) is 0.704. The normalized spacial score (nSPS) is 15.5. The van der Waals surface area contributed by atoms with Crippen molar-refractivity contribution in [2.45, 2.75) is 38.5 Å². The third-order valence-electron chi connectivity index (χ3n) is 5.45. The Bertz CT molecular complexity index is 935. The summed E-state index contributed by atoms with van der Waals surface area (Å²) in [6, 6.07) is 21.2. The van der Waals surface area contributed by atoms with Crippen molar-refractivity contribution in [3.05, 3.63) is 88.6 Å². The van der Waals surface area contributed by atoms with Gasteiger partial charge in [-0.1, -0.05) is 43.3 Å². The Morgan fingerprint density at radius 3 is 2.59 bits per heavy atom. The molecule has 2 N–H and O–H groups in total. The minimum absolute atomic E-state index is 0.442. The molecule has 0 aliphatic heterocycles. The van der Waals surface area contributed by atoms with Gasteiger partial charge in [-0.2, -0.15) is 0 Å². The molecule has 0 amide bonds. The van der Waals surface area contributed by atoms with Crippen molar-refractivity contribution in [3.8, 4) is 5.75 Å². The number of rotatable bonds is 5. The van der Waals surface area contributed by atoms with Crippen molar-refractivity contribution in [3.63, 3.8) is 0 Å². The third kappa shape index (κ3) is 3.82. The lowest BCUT2D eigenvalue weighted by Crippen LogP contribution is -2.06. The molecule has 138 valence electrons. The molecule has 0 saturated carbocycles. The number of hydrogen-bond acceptors (Lipinski definition) is 3. The van der Waals surface area contributed by atoms with Gasteiger partial charge in [0.2, 0.25) is 0 Å². The van der Waals surface area contributed by atoms with Crippen molar-refractivity contribution in [1.82, 2.24) is 4.98 Å². The van der Waals surface area contributed by atoms with Gasteiger partial charge < -0.3 is 10.5 Å². The fourth-order valence-electron chi connectivity index (χ4n) is 4.10. The van der Waals surface area contributed by atoms with Gasteiger partial charge in [0.25, 0.3) is 0 Å². The monoisotopic (exact) mass is 358 g/mol. The number of ether oxygens (including phenoxy) is 1. The van der Waals surface area contributed by atoms with Gasteiger partial charge in [0, 0.05) is 18.0 Å². The van der Waals surface area contributed by atoms with Crippen LogP contribution in [0.4, 0.5) is 5.82 Å². The maximum Gasteiger partial charge on any atom is 0.123 e. The van der Waals surface area contributed by atoms with Gasteiger partial charge in [-0.05, 0) is 65.8 Å². The summed E-state index contributed by atoms with van der Waals surface area (Å²) in [4.78, 5) is 4.34. The zero-order chi connectivity index (χ0) is 18.6. The Kier molecular flexibility index (Phi) is 5.10. The van der Waals surface area contributed by atoms with Crippen LogP contribution in [0.5, 0.6) is 5.75 Å². The lowest BCUT2D eigenvalue weighted by Gasteiger charge is -2.19. The fourth-order valence-corrected chi connectivity index (χ4v) is 4.10. The zero-order valence-electron chi connectivity index (χ0n) is 15.8. The van der Waals surface area contributed by atoms with Crippen LogP contribution in [0.3, 0.4) is 0 Å². The highest BCUT2D eigenvalue weighted by atomic mass is 16.5. The number of aromatic nitrogens is 1. The fraction of sp³-hybridized carbons (Fsp3) is 0.292. The van der Waals surface area contributed by atoms with Crippen molar-refractivity contribution >= 4 is 5.82 Å². The van der Waals surface area contributed by atoms with E-state index in [1.54, 1.807) is 6.07 Å². The van der Waals surface area contributed by atoms with Crippen molar-refractivity contribution in [2.75, 3.05) is 12.3 Å². The average Bonchev–Trinajstić information content (AvgIpc) is 2.84. The first-order valence-electron chi connectivity index (χ1n) is 9.79. The largest absolute Gasteiger partial charge is 0.493 e. The molecule has 0 fully saturated rings. The van der Waals surface area contributed by atoms with Crippen LogP contribution in [0.25, 0.3) is 0 Å². The smallest absolute Gasteiger partial charge is 0.123 e. The number of pyridine rings is 1. The van der Waals surface area contributed by atoms with Gasteiger partial charge >= 0.3 is 0 Å². The number of nitrogens with two attached hydrogens (primary N) is 1. The Morgan fingerprint density at radius 2 is 1.78 bits per heavy atom. The highest BCUT2D eigenvalue weighted by Crippen LogP contribution is 2.37. The number of hydrogen-bond donors (Lipinski definition) is 1. The van der Waals surface area contributed by atoms with E-state index in [9.17, 15) is 0 Å². The Balaban J connectivity index is 1.53. The lowest BCUT2D eigenvalue weighted by atomic mass is 9.86. The van der Waals surface area contributed by atoms with Crippen LogP contribution in [0.1, 0.15) is 47.2 Å². The minimum atomic E-state index is 0.442. The third-order valence-corrected chi connectivity index (χ3v) is 5.45. The van der Waals surface area contributed by atoms with Crippen LogP contribution in [0.2, 0.25) is 0 Å². The molecule has 1 heterocycles. The molecule has 1 aromatic heterocycles. The van der Waals surface area contributed by atoms with E-state index in [1.807, 2.05) is 12.1 Å². The Hall–Kier alpha value is -2.81. The van der Waals surface area contributed by atoms with Gasteiger partial charge in [-0.3, -0.25) is 0 Å². The summed E-state index contributed by atoms with van der Waals surface area (Å²) in [6.45, 7) is 2.87. The highest BCUT2D eigenvalue weighted by Gasteiger charge is 2.22. The molecule has 0 saturated heterocycles. The first kappa shape index (κ1) is 17.6. The average molecular weight is 358 g/mol. The predicted octanol–water partition coefficient (Wildman–Crippen LogP) is 4.93. The first-order valence-corrected chi connectivity index (χ1v) is 9.79. The van der Waals surface area contributed by atoms with E-state index >= 15 is 0 Å². The van der Waals surface area contributed by atoms with Crippen LogP contribution in [0, 0.1) is 0 Å². The Morgan fingerprint density at radius 1 is 0.963 bits per heavy atom. The van der Waals surface area contributed by atoms with Crippen LogP contribution in [0.15, 0.2) is 60.7 Å². The zero-order valence-corrected chi connectivity index (χ0v) is 15.8. The van der Waals surface area contributed by atoms with Crippen LogP contribution in [-0.2, 0) is 19.3 Å². The lowest BCUT2D eigenvalue weighted by molar-refractivity contribution is 0.320. The number of benzene rings is 2. The van der Waals surface area contributed by atoms with Crippen LogP contribution in [-0.4, -0.2) is 11.6 Å². The molecule has 3 nitrogen and oxygen atoms in total. The molecule has 1 atom stereocenters. The maximum atomic E-state index is 6.06. The van der Waals surface area contributed by atoms with E-state index in [0.29, 0.717) is 18.3 Å². The second-order valence-corrected chi connectivity index (χ2v) is 7.17. The summed E-state index contributed by atoms with van der Waals surface area (Å²) < 4.78 is 6.06. The number of anilines is 1. The van der Waals surface area contributed by atoms with E-state index in [4.69, 9.17) is 10.5 Å². The molecule has 27 heavy (non-hydrogen) atoms. The van der Waals surface area contributed by atoms with Gasteiger partial charge in [-0.15, -0.1) is 0 Å². The molecule has 1 unspecified atom stereocenters. The number of nitrogen functional groups attached to an aromatic ring is 1. The summed E-state index contributed by atoms with van der Waals surface area (Å²) >= 11 is 0. The van der Waals surface area contributed by atoms with E-state index in [-0.39, 0.29) is 0 Å². The molecule has 0 spiro atoms. The molecular weight excluding hydrogens is 332 g/mol. The molecule has 4 rings (SSSR count). The molecule has 3 aromatic rings. The van der Waals surface area contributed by atoms with Gasteiger partial charge in [0.15, 0.2) is 0 Å². The minimum Gasteiger partial charge on any atom is -0.493 e. The second-order valence-electron chi connectivity index (χ2n) is 7.17. The summed E-state index contributed by atoms with van der Waals surface area (Å²) in [5, 5.41) is 0. The predicted molar refractivity (Wildman–Crippen MR) is 110 cm³/mol. The molecule has 0 radical (unpaired) electrons. The van der Waals surface area contributed by atoms with Crippen molar-refractivity contribution < 1.29 is 4.74 Å². The Labute approximate surface area is 161 Å². The second kappa shape index (κ2) is 7.83. The van der Waals surface area contributed by atoms with E-state index in [0.717, 1.165) is 37.1 Å². The summed E-state index contributed by atoms with van der Waals surface area (Å²) in [5.41, 5.74) is 12.5. The highest BCUT2D eigenvalue weighted by molar-refractivity contribution is 5.47. The van der Waals surface area contributed by atoms with Crippen LogP contribution >= 0.6 is 0 Å². The summed E-state index contributed by atoms with van der Waals surface area (Å²) in [6.07, 6.45) is 4.06. The van der Waals surface area contributed by atoms with Crippen molar-refractivity contribution in [2.24, 2.45) is 0 Å². The topological polar surface area (TPSA) is 48.1 Å². The van der Waals surface area contributed by atoms with Crippen molar-refractivity contribution in [1.29, 1.82) is 0 Å². The first-order chi connectivity index (χ1) is 13.2. The number of nitrogens with zero attached hydrogens (tertiary/aromatic N) is 1. The molecule has 1 aliphatic rings. The number of fused-ring (bicyclic) bond motifs is 2. The van der Waals surface area contributed by atoms with E-state index in [2.05, 4.69) is 54.4 Å². The van der Waals surface area contributed by atoms with Gasteiger partial charge in [0.05, 0.1) is 6.61 Å². The molecule has 2 aromatic carbocycles. The van der Waals surface area contributed by atoms with Gasteiger partial charge in [-0.25, -0.2) is 4.98 Å². The molecule has 0 bridgehead atoms. The van der Waals surface area contributed by atoms with Crippen LogP contribution < -0.4 is 10.5 Å². The number of aryl methyl sites for hydroxylation is 2. The maximum absolute atomic E-state index is 6.06. The molecule has 1 aliphatic carbocycles. The van der Waals surface area contributed by atoms with E-state index in [1.165, 1.54) is 22.3 Å². The molecular formula is C24H26N2O. The standard InChI is InChI=1S/C24H26N2O/c1-2-21-22-8-4-3-6-17(22)10-11-18-12-13-20(16-23(18)21)27-15-14-19-7-5-9-24(25)26-19/h3-9,12-13,16,21H,2,10-11,14-15H2,1H3,(H2,25,26). The van der Waals surface area contributed by atoms with E-state index < -0.39 is 0 Å². The van der Waals surface area contributed by atoms with Gasteiger partial charge in [0.1, 0.15) is 11.6 Å². The summed E-state index contributed by atoms with van der Waals surface area (Å²) in [7, 11) is 0. The summed E-state index contributed by atoms with van der Waals surface area (Å²) in [5.74, 6) is 1.94.